The fourth-order valence-electron chi connectivity index (χ4n) is 2.17. The van der Waals surface area contributed by atoms with E-state index in [0.29, 0.717) is 11.8 Å². The Morgan fingerprint density at radius 1 is 1.23 bits per heavy atom. The highest BCUT2D eigenvalue weighted by Crippen LogP contribution is 2.37. The molecule has 0 amide bonds. The zero-order valence-electron chi connectivity index (χ0n) is 13.6. The van der Waals surface area contributed by atoms with Crippen molar-refractivity contribution in [1.29, 1.82) is 0 Å². The van der Waals surface area contributed by atoms with Gasteiger partial charge in [-0.1, -0.05) is 23.2 Å². The molecular formula is C15H14Cl2F3N2O3S+. The number of aromatic nitrogens is 1. The minimum atomic E-state index is -4.80. The number of aliphatic hydroxyl groups is 2. The van der Waals surface area contributed by atoms with Gasteiger partial charge >= 0.3 is 6.18 Å². The maximum atomic E-state index is 13.1. The van der Waals surface area contributed by atoms with Crippen molar-refractivity contribution in [2.75, 3.05) is 18.1 Å². The highest BCUT2D eigenvalue weighted by Gasteiger charge is 2.36. The van der Waals surface area contributed by atoms with Gasteiger partial charge in [-0.05, 0) is 31.2 Å². The molecule has 0 atom stereocenters. The van der Waals surface area contributed by atoms with Gasteiger partial charge in [0.2, 0.25) is 6.73 Å². The van der Waals surface area contributed by atoms with E-state index in [0.717, 1.165) is 16.4 Å². The summed E-state index contributed by atoms with van der Waals surface area (Å²) in [5, 5.41) is -0.419. The third kappa shape index (κ3) is 4.22. The van der Waals surface area contributed by atoms with Crippen LogP contribution in [0.2, 0.25) is 10.0 Å². The Balaban J connectivity index is 2.64. The van der Waals surface area contributed by atoms with Gasteiger partial charge in [0, 0.05) is 6.20 Å². The highest BCUT2D eigenvalue weighted by atomic mass is 35.5. The lowest BCUT2D eigenvalue weighted by Crippen LogP contribution is -2.35. The molecule has 1 aromatic carbocycles. The quantitative estimate of drug-likeness (QED) is 0.532. The topological polar surface area (TPSA) is 63.1 Å². The van der Waals surface area contributed by atoms with Crippen molar-refractivity contribution in [3.05, 3.63) is 51.8 Å². The van der Waals surface area contributed by atoms with Crippen molar-refractivity contribution >= 4 is 38.9 Å². The Kier molecular flexibility index (Phi) is 6.06. The number of ether oxygens (including phenoxy) is 1. The van der Waals surface area contributed by atoms with E-state index in [2.05, 4.69) is 9.72 Å². The van der Waals surface area contributed by atoms with Gasteiger partial charge in [0.1, 0.15) is 7.11 Å². The molecule has 0 saturated heterocycles. The Hall–Kier alpha value is -1.55. The summed E-state index contributed by atoms with van der Waals surface area (Å²) in [6.45, 7) is 1.22. The molecule has 26 heavy (non-hydrogen) atoms. The van der Waals surface area contributed by atoms with Gasteiger partial charge in [-0.25, -0.2) is 8.42 Å². The van der Waals surface area contributed by atoms with Gasteiger partial charge in [0.15, 0.2) is 0 Å². The highest BCUT2D eigenvalue weighted by molar-refractivity contribution is 7.92. The molecule has 0 aliphatic carbocycles. The first-order valence-corrected chi connectivity index (χ1v) is 9.25. The number of hydrogen-bond donors (Lipinski definition) is 0. The molecule has 5 nitrogen and oxygen atoms in total. The molecule has 1 heterocycles. The van der Waals surface area contributed by atoms with Gasteiger partial charge in [-0.3, -0.25) is 4.98 Å². The van der Waals surface area contributed by atoms with E-state index in [4.69, 9.17) is 23.2 Å². The minimum Gasteiger partial charge on any atom is -0.419 e. The molecule has 0 fully saturated rings. The summed E-state index contributed by atoms with van der Waals surface area (Å²) in [6.07, 6.45) is -3.46. The molecular weight excluding hydrogens is 416 g/mol. The molecule has 0 saturated carbocycles. The average Bonchev–Trinajstić information content (AvgIpc) is 2.54. The number of anilines is 1. The molecule has 0 aliphatic heterocycles. The second-order valence-corrected chi connectivity index (χ2v) is 7.91. The monoisotopic (exact) mass is 429 g/mol. The molecule has 0 bridgehead atoms. The Bertz CT molecular complexity index is 921. The van der Waals surface area contributed by atoms with Crippen LogP contribution >= 0.6 is 23.2 Å². The van der Waals surface area contributed by atoms with Gasteiger partial charge in [0.05, 0.1) is 31.9 Å². The van der Waals surface area contributed by atoms with Crippen molar-refractivity contribution in [2.24, 2.45) is 0 Å². The van der Waals surface area contributed by atoms with Crippen LogP contribution in [0.4, 0.5) is 18.9 Å². The van der Waals surface area contributed by atoms with E-state index in [1.807, 2.05) is 0 Å². The normalized spacial score (nSPS) is 12.3. The van der Waals surface area contributed by atoms with E-state index in [-0.39, 0.29) is 17.4 Å². The van der Waals surface area contributed by atoms with Crippen LogP contribution in [0.1, 0.15) is 11.3 Å². The third-order valence-corrected chi connectivity index (χ3v) is 5.67. The number of pyridine rings is 1. The zero-order valence-corrected chi connectivity index (χ0v) is 15.9. The van der Waals surface area contributed by atoms with Crippen LogP contribution in [-0.4, -0.2) is 32.0 Å². The maximum Gasteiger partial charge on any atom is 0.417 e. The number of aryl methyl sites for hydroxylation is 1. The Labute approximate surface area is 158 Å². The number of benzene rings is 1. The lowest BCUT2D eigenvalue weighted by molar-refractivity contribution is -0.137. The molecule has 0 unspecified atom stereocenters. The molecule has 1 aromatic heterocycles. The summed E-state index contributed by atoms with van der Waals surface area (Å²) in [6, 6.07) is 3.74. The molecule has 2 rings (SSSR count). The van der Waals surface area contributed by atoms with Crippen molar-refractivity contribution in [3.8, 4) is 0 Å². The lowest BCUT2D eigenvalue weighted by atomic mass is 10.2. The number of nitrogens with zero attached hydrogens (tertiary/aromatic N) is 2. The summed E-state index contributed by atoms with van der Waals surface area (Å²) >= 11 is 11.4. The van der Waals surface area contributed by atoms with Gasteiger partial charge in [-0.15, -0.1) is 0 Å². The molecule has 142 valence electrons. The van der Waals surface area contributed by atoms with Crippen LogP contribution in [0, 0.1) is 6.92 Å². The Morgan fingerprint density at radius 2 is 1.88 bits per heavy atom. The molecule has 11 heteroatoms. The molecule has 0 spiro atoms. The first-order chi connectivity index (χ1) is 12.0. The second-order valence-electron chi connectivity index (χ2n) is 5.21. The van der Waals surface area contributed by atoms with E-state index in [9.17, 15) is 21.6 Å². The predicted molar refractivity (Wildman–Crippen MR) is 93.1 cm³/mol. The molecule has 2 aromatic rings. The van der Waals surface area contributed by atoms with Crippen molar-refractivity contribution < 1.29 is 26.3 Å². The standard InChI is InChI=1S/C15H13Cl2F3N2O3S/c1-9-14(5-10(16)7-21-9)22(8-25-2)26(23,24)11-3-4-13(17)12(6-11)15(18,19)20/h3-7H,8H2,1-2H3/p+1. The number of alkyl halides is 3. The fourth-order valence-corrected chi connectivity index (χ4v) is 4.02. The third-order valence-electron chi connectivity index (χ3n) is 3.40. The number of halogens is 5. The Morgan fingerprint density at radius 3 is 2.46 bits per heavy atom. The van der Waals surface area contributed by atoms with Crippen LogP contribution in [0.15, 0.2) is 35.4 Å². The van der Waals surface area contributed by atoms with Gasteiger partial charge < -0.3 is 4.74 Å². The molecule has 1 N–H and O–H groups in total. The summed E-state index contributed by atoms with van der Waals surface area (Å²) < 4.78 is 69.8. The lowest BCUT2D eigenvalue weighted by Gasteiger charge is -2.23. The van der Waals surface area contributed by atoms with E-state index < -0.39 is 31.7 Å². The fraction of sp³-hybridized carbons (Fsp3) is 0.267. The van der Waals surface area contributed by atoms with Crippen molar-refractivity contribution in [2.45, 2.75) is 18.0 Å². The minimum absolute atomic E-state index is 0.117. The number of rotatable bonds is 5. The maximum absolute atomic E-state index is 13.1. The van der Waals surface area contributed by atoms with Gasteiger partial charge in [-0.2, -0.15) is 17.5 Å². The van der Waals surface area contributed by atoms with Gasteiger partial charge in [0.25, 0.3) is 10.0 Å². The van der Waals surface area contributed by atoms with Crippen LogP contribution in [-0.2, 0) is 16.2 Å². The molecule has 0 aliphatic rings. The van der Waals surface area contributed by atoms with Crippen LogP contribution in [0.5, 0.6) is 0 Å². The average molecular weight is 430 g/mol. The van der Waals surface area contributed by atoms with Crippen molar-refractivity contribution in [3.63, 3.8) is 0 Å². The summed E-state index contributed by atoms with van der Waals surface area (Å²) in [4.78, 5) is 3.41. The predicted octanol–water partition coefficient (Wildman–Crippen LogP) is 4.03. The van der Waals surface area contributed by atoms with Crippen LogP contribution < -0.4 is 4.31 Å². The summed E-state index contributed by atoms with van der Waals surface area (Å²) in [5.41, 5.74) is -0.798. The molecule has 0 radical (unpaired) electrons. The van der Waals surface area contributed by atoms with Crippen LogP contribution in [0.25, 0.3) is 0 Å². The number of sulfonamides is 1. The smallest absolute Gasteiger partial charge is 0.417 e. The first-order valence-electron chi connectivity index (χ1n) is 7.05. The number of hydrogen-bond acceptors (Lipinski definition) is 3. The summed E-state index contributed by atoms with van der Waals surface area (Å²) in [5.74, 6) is 0. The SMILES string of the molecule is C[OH+]CN(c1cc(Cl)cnc1C)S(=O)(=O)c1ccc(Cl)c(C(F)(F)F)c1. The van der Waals surface area contributed by atoms with E-state index in [1.54, 1.807) is 6.92 Å². The second kappa shape index (κ2) is 7.59. The zero-order chi connectivity index (χ0) is 19.7. The van der Waals surface area contributed by atoms with E-state index >= 15 is 0 Å². The van der Waals surface area contributed by atoms with Crippen molar-refractivity contribution in [1.82, 2.24) is 4.98 Å². The van der Waals surface area contributed by atoms with Crippen LogP contribution in [0.3, 0.4) is 0 Å². The largest absolute Gasteiger partial charge is 0.419 e. The summed E-state index contributed by atoms with van der Waals surface area (Å²) in [7, 11) is -3.00. The first kappa shape index (κ1) is 20.8. The van der Waals surface area contributed by atoms with E-state index in [1.165, 1.54) is 19.4 Å².